The fourth-order valence-electron chi connectivity index (χ4n) is 2.10. The van der Waals surface area contributed by atoms with E-state index in [9.17, 15) is 0 Å². The lowest BCUT2D eigenvalue weighted by Gasteiger charge is -2.18. The molecule has 0 spiro atoms. The quantitative estimate of drug-likeness (QED) is 0.756. The monoisotopic (exact) mass is 274 g/mol. The normalized spacial score (nSPS) is 12.1. The number of furan rings is 1. The first-order valence-corrected chi connectivity index (χ1v) is 7.01. The summed E-state index contributed by atoms with van der Waals surface area (Å²) in [6.45, 7) is 4.70. The smallest absolute Gasteiger partial charge is 0.144 e. The molecule has 1 heterocycles. The van der Waals surface area contributed by atoms with Crippen molar-refractivity contribution < 1.29 is 9.15 Å². The first-order valence-electron chi connectivity index (χ1n) is 7.01. The standard InChI is InChI=1S/C16H22N2O2/c1-3-19-15-8-4-7-14(16(15)17)18-12(2)9-10-13-6-5-11-20-13/h4-8,11-12,18H,3,9-10,17H2,1-2H3. The highest BCUT2D eigenvalue weighted by atomic mass is 16.5. The van der Waals surface area contributed by atoms with Crippen LogP contribution in [0.5, 0.6) is 5.75 Å². The Morgan fingerprint density at radius 3 is 2.85 bits per heavy atom. The zero-order valence-corrected chi connectivity index (χ0v) is 12.1. The van der Waals surface area contributed by atoms with Gasteiger partial charge in [0.15, 0.2) is 0 Å². The van der Waals surface area contributed by atoms with Gasteiger partial charge in [-0.2, -0.15) is 0 Å². The summed E-state index contributed by atoms with van der Waals surface area (Å²) in [6, 6.07) is 10.0. The second-order valence-electron chi connectivity index (χ2n) is 4.81. The second kappa shape index (κ2) is 6.89. The number of para-hydroxylation sites is 1. The molecule has 4 heteroatoms. The van der Waals surface area contributed by atoms with Crippen molar-refractivity contribution in [2.75, 3.05) is 17.7 Å². The van der Waals surface area contributed by atoms with Crippen molar-refractivity contribution in [2.45, 2.75) is 32.7 Å². The third-order valence-corrected chi connectivity index (χ3v) is 3.17. The van der Waals surface area contributed by atoms with Gasteiger partial charge in [0.2, 0.25) is 0 Å². The van der Waals surface area contributed by atoms with E-state index >= 15 is 0 Å². The molecular formula is C16H22N2O2. The highest BCUT2D eigenvalue weighted by Gasteiger charge is 2.09. The van der Waals surface area contributed by atoms with Crippen LogP contribution in [-0.4, -0.2) is 12.6 Å². The van der Waals surface area contributed by atoms with E-state index < -0.39 is 0 Å². The van der Waals surface area contributed by atoms with Crippen molar-refractivity contribution >= 4 is 11.4 Å². The third-order valence-electron chi connectivity index (χ3n) is 3.17. The number of ether oxygens (including phenoxy) is 1. The molecule has 1 aromatic carbocycles. The number of anilines is 2. The zero-order valence-electron chi connectivity index (χ0n) is 12.1. The minimum absolute atomic E-state index is 0.305. The van der Waals surface area contributed by atoms with Gasteiger partial charge in [0.25, 0.3) is 0 Å². The minimum atomic E-state index is 0.305. The van der Waals surface area contributed by atoms with Crippen LogP contribution in [0.3, 0.4) is 0 Å². The Labute approximate surface area is 119 Å². The average molecular weight is 274 g/mol. The fraction of sp³-hybridized carbons (Fsp3) is 0.375. The lowest BCUT2D eigenvalue weighted by molar-refractivity contribution is 0.342. The van der Waals surface area contributed by atoms with Crippen molar-refractivity contribution in [2.24, 2.45) is 0 Å². The molecule has 0 radical (unpaired) electrons. The highest BCUT2D eigenvalue weighted by molar-refractivity contribution is 5.73. The van der Waals surface area contributed by atoms with Crippen molar-refractivity contribution in [3.8, 4) is 5.75 Å². The summed E-state index contributed by atoms with van der Waals surface area (Å²) in [4.78, 5) is 0. The van der Waals surface area contributed by atoms with E-state index in [4.69, 9.17) is 14.9 Å². The van der Waals surface area contributed by atoms with E-state index in [0.29, 0.717) is 18.3 Å². The van der Waals surface area contributed by atoms with Gasteiger partial charge in [-0.15, -0.1) is 0 Å². The van der Waals surface area contributed by atoms with E-state index in [1.807, 2.05) is 37.3 Å². The zero-order chi connectivity index (χ0) is 14.4. The van der Waals surface area contributed by atoms with Gasteiger partial charge in [0, 0.05) is 12.5 Å². The topological polar surface area (TPSA) is 60.4 Å². The van der Waals surface area contributed by atoms with Gasteiger partial charge >= 0.3 is 0 Å². The largest absolute Gasteiger partial charge is 0.492 e. The molecule has 1 atom stereocenters. The number of aryl methyl sites for hydroxylation is 1. The molecule has 0 aliphatic carbocycles. The van der Waals surface area contributed by atoms with Crippen molar-refractivity contribution in [1.82, 2.24) is 0 Å². The maximum atomic E-state index is 6.10. The SMILES string of the molecule is CCOc1cccc(NC(C)CCc2ccco2)c1N. The molecular weight excluding hydrogens is 252 g/mol. The maximum Gasteiger partial charge on any atom is 0.144 e. The first kappa shape index (κ1) is 14.3. The van der Waals surface area contributed by atoms with Gasteiger partial charge < -0.3 is 20.2 Å². The van der Waals surface area contributed by atoms with E-state index in [-0.39, 0.29) is 0 Å². The number of benzene rings is 1. The molecule has 0 amide bonds. The third kappa shape index (κ3) is 3.70. The molecule has 0 saturated carbocycles. The van der Waals surface area contributed by atoms with E-state index in [2.05, 4.69) is 12.2 Å². The highest BCUT2D eigenvalue weighted by Crippen LogP contribution is 2.30. The predicted molar refractivity (Wildman–Crippen MR) is 82.1 cm³/mol. The van der Waals surface area contributed by atoms with E-state index in [1.54, 1.807) is 6.26 Å². The van der Waals surface area contributed by atoms with E-state index in [0.717, 1.165) is 30.0 Å². The van der Waals surface area contributed by atoms with Crippen molar-refractivity contribution in [3.05, 3.63) is 42.4 Å². The molecule has 0 aliphatic rings. The molecule has 2 rings (SSSR count). The fourth-order valence-corrected chi connectivity index (χ4v) is 2.10. The maximum absolute atomic E-state index is 6.10. The van der Waals surface area contributed by atoms with Crippen LogP contribution in [0.2, 0.25) is 0 Å². The summed E-state index contributed by atoms with van der Waals surface area (Å²) >= 11 is 0. The van der Waals surface area contributed by atoms with Crippen LogP contribution in [0.1, 0.15) is 26.0 Å². The molecule has 4 nitrogen and oxygen atoms in total. The van der Waals surface area contributed by atoms with Crippen LogP contribution in [0.15, 0.2) is 41.0 Å². The molecule has 108 valence electrons. The van der Waals surface area contributed by atoms with Gasteiger partial charge in [-0.1, -0.05) is 6.07 Å². The number of nitrogens with one attached hydrogen (secondary N) is 1. The first-order chi connectivity index (χ1) is 9.70. The van der Waals surface area contributed by atoms with Gasteiger partial charge in [-0.25, -0.2) is 0 Å². The van der Waals surface area contributed by atoms with Crippen LogP contribution in [0, 0.1) is 0 Å². The van der Waals surface area contributed by atoms with Gasteiger partial charge in [0.1, 0.15) is 11.5 Å². The Morgan fingerprint density at radius 1 is 1.30 bits per heavy atom. The van der Waals surface area contributed by atoms with Crippen LogP contribution < -0.4 is 15.8 Å². The van der Waals surface area contributed by atoms with Gasteiger partial charge in [0.05, 0.1) is 24.2 Å². The molecule has 20 heavy (non-hydrogen) atoms. The predicted octanol–water partition coefficient (Wildman–Crippen LogP) is 3.69. The van der Waals surface area contributed by atoms with Crippen molar-refractivity contribution in [1.29, 1.82) is 0 Å². The molecule has 2 aromatic rings. The summed E-state index contributed by atoms with van der Waals surface area (Å²) in [5, 5.41) is 3.42. The van der Waals surface area contributed by atoms with Crippen LogP contribution >= 0.6 is 0 Å². The molecule has 0 fully saturated rings. The van der Waals surface area contributed by atoms with E-state index in [1.165, 1.54) is 0 Å². The summed E-state index contributed by atoms with van der Waals surface area (Å²) < 4.78 is 10.8. The Hall–Kier alpha value is -2.10. The Morgan fingerprint density at radius 2 is 2.15 bits per heavy atom. The minimum Gasteiger partial charge on any atom is -0.492 e. The summed E-state index contributed by atoms with van der Waals surface area (Å²) in [5.41, 5.74) is 7.69. The number of hydrogen-bond acceptors (Lipinski definition) is 4. The Bertz CT molecular complexity index is 523. The van der Waals surface area contributed by atoms with Gasteiger partial charge in [-0.3, -0.25) is 0 Å². The van der Waals surface area contributed by atoms with Crippen LogP contribution in [0.4, 0.5) is 11.4 Å². The number of nitrogen functional groups attached to an aromatic ring is 1. The molecule has 3 N–H and O–H groups in total. The summed E-state index contributed by atoms with van der Waals surface area (Å²) in [7, 11) is 0. The molecule has 0 aliphatic heterocycles. The van der Waals surface area contributed by atoms with Crippen molar-refractivity contribution in [3.63, 3.8) is 0 Å². The lowest BCUT2D eigenvalue weighted by Crippen LogP contribution is -2.17. The van der Waals surface area contributed by atoms with Gasteiger partial charge in [-0.05, 0) is 44.5 Å². The van der Waals surface area contributed by atoms with Crippen LogP contribution in [-0.2, 0) is 6.42 Å². The summed E-state index contributed by atoms with van der Waals surface area (Å²) in [6.07, 6.45) is 3.59. The number of hydrogen-bond donors (Lipinski definition) is 2. The average Bonchev–Trinajstić information content (AvgIpc) is 2.94. The Balaban J connectivity index is 1.93. The number of rotatable bonds is 7. The number of nitrogens with two attached hydrogens (primary N) is 1. The Kier molecular flexibility index (Phi) is 4.93. The molecule has 1 unspecified atom stereocenters. The molecule has 1 aromatic heterocycles. The molecule has 0 bridgehead atoms. The summed E-state index contributed by atoms with van der Waals surface area (Å²) in [5.74, 6) is 1.74. The molecule has 0 saturated heterocycles. The lowest BCUT2D eigenvalue weighted by atomic mass is 10.1. The van der Waals surface area contributed by atoms with Crippen LogP contribution in [0.25, 0.3) is 0 Å². The second-order valence-corrected chi connectivity index (χ2v) is 4.81.